The number of nitrogens with zero attached hydrogens (tertiary/aromatic N) is 1. The molecule has 0 atom stereocenters. The quantitative estimate of drug-likeness (QED) is 0.730. The SMILES string of the molecule is O=C1C=CC(=O)N1c1cc2ccccc2[nH]1. The maximum absolute atomic E-state index is 11.5. The predicted molar refractivity (Wildman–Crippen MR) is 59.9 cm³/mol. The third-order valence-corrected chi connectivity index (χ3v) is 2.57. The van der Waals surface area contributed by atoms with Crippen LogP contribution in [0.4, 0.5) is 5.82 Å². The molecule has 3 rings (SSSR count). The van der Waals surface area contributed by atoms with Gasteiger partial charge in [-0.15, -0.1) is 0 Å². The molecule has 2 amide bonds. The molecule has 78 valence electrons. The van der Waals surface area contributed by atoms with Gasteiger partial charge in [0.15, 0.2) is 0 Å². The van der Waals surface area contributed by atoms with E-state index in [0.29, 0.717) is 5.82 Å². The monoisotopic (exact) mass is 212 g/mol. The van der Waals surface area contributed by atoms with E-state index in [4.69, 9.17) is 0 Å². The average molecular weight is 212 g/mol. The van der Waals surface area contributed by atoms with Crippen LogP contribution in [0, 0.1) is 0 Å². The summed E-state index contributed by atoms with van der Waals surface area (Å²) in [6.07, 6.45) is 2.54. The summed E-state index contributed by atoms with van der Waals surface area (Å²) in [5.41, 5.74) is 0.907. The highest BCUT2D eigenvalue weighted by Crippen LogP contribution is 2.23. The summed E-state index contributed by atoms with van der Waals surface area (Å²) < 4.78 is 0. The van der Waals surface area contributed by atoms with E-state index < -0.39 is 0 Å². The van der Waals surface area contributed by atoms with Crippen molar-refractivity contribution in [1.29, 1.82) is 0 Å². The van der Waals surface area contributed by atoms with Crippen LogP contribution in [0.3, 0.4) is 0 Å². The lowest BCUT2D eigenvalue weighted by atomic mass is 10.2. The number of rotatable bonds is 1. The Morgan fingerprint density at radius 2 is 1.69 bits per heavy atom. The van der Waals surface area contributed by atoms with Gasteiger partial charge in [0.2, 0.25) is 0 Å². The molecule has 0 saturated carbocycles. The van der Waals surface area contributed by atoms with E-state index in [0.717, 1.165) is 15.8 Å². The van der Waals surface area contributed by atoms with Crippen LogP contribution in [0.15, 0.2) is 42.5 Å². The van der Waals surface area contributed by atoms with E-state index in [1.807, 2.05) is 24.3 Å². The molecule has 0 radical (unpaired) electrons. The van der Waals surface area contributed by atoms with Crippen molar-refractivity contribution in [3.63, 3.8) is 0 Å². The minimum Gasteiger partial charge on any atom is -0.341 e. The number of aromatic nitrogens is 1. The Labute approximate surface area is 91.2 Å². The van der Waals surface area contributed by atoms with Gasteiger partial charge in [-0.3, -0.25) is 9.59 Å². The Kier molecular flexibility index (Phi) is 1.71. The van der Waals surface area contributed by atoms with Crippen LogP contribution in [-0.2, 0) is 9.59 Å². The standard InChI is InChI=1S/C12H8N2O2/c15-11-5-6-12(16)14(11)10-7-8-3-1-2-4-9(8)13-10/h1-7,13H. The minimum absolute atomic E-state index is 0.309. The highest BCUT2D eigenvalue weighted by Gasteiger charge is 2.26. The first kappa shape index (κ1) is 8.91. The maximum atomic E-state index is 11.5. The molecular weight excluding hydrogens is 204 g/mol. The summed E-state index contributed by atoms with van der Waals surface area (Å²) in [5.74, 6) is -0.102. The topological polar surface area (TPSA) is 53.2 Å². The van der Waals surface area contributed by atoms with Gasteiger partial charge in [0, 0.05) is 23.1 Å². The molecule has 0 aliphatic carbocycles. The fraction of sp³-hybridized carbons (Fsp3) is 0. The lowest BCUT2D eigenvalue weighted by molar-refractivity contribution is -0.120. The molecule has 0 spiro atoms. The Morgan fingerprint density at radius 3 is 2.38 bits per heavy atom. The Morgan fingerprint density at radius 1 is 1.00 bits per heavy atom. The molecule has 0 fully saturated rings. The van der Waals surface area contributed by atoms with Crippen LogP contribution in [0.25, 0.3) is 10.9 Å². The zero-order chi connectivity index (χ0) is 11.1. The van der Waals surface area contributed by atoms with E-state index in [1.165, 1.54) is 12.2 Å². The molecule has 2 heterocycles. The van der Waals surface area contributed by atoms with E-state index >= 15 is 0 Å². The number of H-pyrrole nitrogens is 1. The van der Waals surface area contributed by atoms with E-state index in [9.17, 15) is 9.59 Å². The molecule has 2 aromatic rings. The first-order chi connectivity index (χ1) is 7.75. The number of imide groups is 1. The highest BCUT2D eigenvalue weighted by atomic mass is 16.2. The van der Waals surface area contributed by atoms with Crippen molar-refractivity contribution in [1.82, 2.24) is 4.98 Å². The summed E-state index contributed by atoms with van der Waals surface area (Å²) in [6.45, 7) is 0. The van der Waals surface area contributed by atoms with Crippen molar-refractivity contribution in [2.24, 2.45) is 0 Å². The molecule has 16 heavy (non-hydrogen) atoms. The van der Waals surface area contributed by atoms with Gasteiger partial charge in [-0.25, -0.2) is 4.90 Å². The van der Waals surface area contributed by atoms with Crippen LogP contribution >= 0.6 is 0 Å². The second-order valence-corrected chi connectivity index (χ2v) is 3.59. The first-order valence-corrected chi connectivity index (χ1v) is 4.89. The second kappa shape index (κ2) is 3.06. The van der Waals surface area contributed by atoms with Crippen LogP contribution in [-0.4, -0.2) is 16.8 Å². The third kappa shape index (κ3) is 1.16. The molecule has 1 aromatic heterocycles. The fourth-order valence-corrected chi connectivity index (χ4v) is 1.82. The van der Waals surface area contributed by atoms with Gasteiger partial charge in [-0.05, 0) is 12.1 Å². The van der Waals surface area contributed by atoms with Gasteiger partial charge >= 0.3 is 0 Å². The zero-order valence-electron chi connectivity index (χ0n) is 8.31. The summed E-state index contributed by atoms with van der Waals surface area (Å²) in [6, 6.07) is 9.42. The van der Waals surface area contributed by atoms with Crippen molar-refractivity contribution in [2.45, 2.75) is 0 Å². The van der Waals surface area contributed by atoms with Gasteiger partial charge in [0.25, 0.3) is 11.8 Å². The van der Waals surface area contributed by atoms with Crippen molar-refractivity contribution >= 4 is 28.5 Å². The number of para-hydroxylation sites is 1. The lowest BCUT2D eigenvalue weighted by Gasteiger charge is -2.10. The Bertz CT molecular complexity index is 574. The molecule has 1 aliphatic rings. The van der Waals surface area contributed by atoms with Gasteiger partial charge in [0.1, 0.15) is 5.82 Å². The van der Waals surface area contributed by atoms with E-state index in [1.54, 1.807) is 6.07 Å². The largest absolute Gasteiger partial charge is 0.341 e. The molecule has 0 unspecified atom stereocenters. The molecule has 1 aliphatic heterocycles. The predicted octanol–water partition coefficient (Wildman–Crippen LogP) is 1.60. The minimum atomic E-state index is -0.309. The van der Waals surface area contributed by atoms with Crippen molar-refractivity contribution < 1.29 is 9.59 Å². The molecular formula is C12H8N2O2. The van der Waals surface area contributed by atoms with Crippen molar-refractivity contribution in [3.05, 3.63) is 42.5 Å². The van der Waals surface area contributed by atoms with Gasteiger partial charge in [-0.2, -0.15) is 0 Å². The number of nitrogens with one attached hydrogen (secondary N) is 1. The zero-order valence-corrected chi connectivity index (χ0v) is 8.31. The first-order valence-electron chi connectivity index (χ1n) is 4.89. The average Bonchev–Trinajstić information content (AvgIpc) is 2.82. The highest BCUT2D eigenvalue weighted by molar-refractivity contribution is 6.28. The number of anilines is 1. The van der Waals surface area contributed by atoms with Crippen LogP contribution in [0.5, 0.6) is 0 Å². The Balaban J connectivity index is 2.13. The van der Waals surface area contributed by atoms with Crippen LogP contribution < -0.4 is 4.90 Å². The van der Waals surface area contributed by atoms with Gasteiger partial charge in [0.05, 0.1) is 0 Å². The number of fused-ring (bicyclic) bond motifs is 1. The summed E-state index contributed by atoms with van der Waals surface area (Å²) in [5, 5.41) is 0.977. The molecule has 4 nitrogen and oxygen atoms in total. The summed E-state index contributed by atoms with van der Waals surface area (Å²) in [4.78, 5) is 27.1. The van der Waals surface area contributed by atoms with Crippen LogP contribution in [0.2, 0.25) is 0 Å². The number of aromatic amines is 1. The summed E-state index contributed by atoms with van der Waals surface area (Å²) in [7, 11) is 0. The van der Waals surface area contributed by atoms with E-state index in [-0.39, 0.29) is 11.8 Å². The van der Waals surface area contributed by atoms with Crippen molar-refractivity contribution in [3.8, 4) is 0 Å². The number of carbonyl (C=O) groups is 2. The molecule has 0 saturated heterocycles. The number of benzene rings is 1. The number of hydrogen-bond donors (Lipinski definition) is 1. The number of amides is 2. The van der Waals surface area contributed by atoms with Crippen LogP contribution in [0.1, 0.15) is 0 Å². The third-order valence-electron chi connectivity index (χ3n) is 2.57. The number of carbonyl (C=O) groups excluding carboxylic acids is 2. The number of hydrogen-bond acceptors (Lipinski definition) is 2. The molecule has 4 heteroatoms. The van der Waals surface area contributed by atoms with E-state index in [2.05, 4.69) is 4.98 Å². The second-order valence-electron chi connectivity index (χ2n) is 3.59. The van der Waals surface area contributed by atoms with Gasteiger partial charge < -0.3 is 4.98 Å². The maximum Gasteiger partial charge on any atom is 0.259 e. The van der Waals surface area contributed by atoms with Crippen molar-refractivity contribution in [2.75, 3.05) is 4.90 Å². The van der Waals surface area contributed by atoms with Gasteiger partial charge in [-0.1, -0.05) is 18.2 Å². The molecule has 1 N–H and O–H groups in total. The normalized spacial score (nSPS) is 15.4. The summed E-state index contributed by atoms with van der Waals surface area (Å²) >= 11 is 0. The Hall–Kier alpha value is -2.36. The lowest BCUT2D eigenvalue weighted by Crippen LogP contribution is -2.29. The molecule has 1 aromatic carbocycles. The smallest absolute Gasteiger partial charge is 0.259 e. The molecule has 0 bridgehead atoms. The fourth-order valence-electron chi connectivity index (χ4n) is 1.82.